The maximum atomic E-state index is 14.8. The first kappa shape index (κ1) is 24.7. The van der Waals surface area contributed by atoms with Crippen molar-refractivity contribution in [1.29, 1.82) is 0 Å². The third-order valence-corrected chi connectivity index (χ3v) is 8.73. The summed E-state index contributed by atoms with van der Waals surface area (Å²) in [6.45, 7) is 2.96. The number of aromatic nitrogens is 4. The Balaban J connectivity index is 1.04. The van der Waals surface area contributed by atoms with Crippen LogP contribution in [0.3, 0.4) is 0 Å². The third-order valence-electron chi connectivity index (χ3n) is 8.50. The Morgan fingerprint density at radius 1 is 1.08 bits per heavy atom. The first-order chi connectivity index (χ1) is 19.0. The largest absolute Gasteiger partial charge is 0.458 e. The van der Waals surface area contributed by atoms with Gasteiger partial charge in [-0.15, -0.1) is 0 Å². The molecule has 2 aromatic carbocycles. The number of piperidine rings is 1. The summed E-state index contributed by atoms with van der Waals surface area (Å²) in [5.41, 5.74) is 2.69. The molecular weight excluding hydrogens is 524 g/mol. The van der Waals surface area contributed by atoms with Gasteiger partial charge in [0.25, 0.3) is 0 Å². The molecule has 10 heteroatoms. The second-order valence-electron chi connectivity index (χ2n) is 10.8. The van der Waals surface area contributed by atoms with E-state index >= 15 is 0 Å². The van der Waals surface area contributed by atoms with E-state index in [9.17, 15) is 8.78 Å². The van der Waals surface area contributed by atoms with Gasteiger partial charge in [0.15, 0.2) is 11.6 Å². The van der Waals surface area contributed by atoms with Gasteiger partial charge in [0.2, 0.25) is 0 Å². The van der Waals surface area contributed by atoms with E-state index in [1.165, 1.54) is 6.07 Å². The first-order valence-corrected chi connectivity index (χ1v) is 13.8. The smallest absolute Gasteiger partial charge is 0.318 e. The lowest BCUT2D eigenvalue weighted by Crippen LogP contribution is -2.36. The lowest BCUT2D eigenvalue weighted by Gasteiger charge is -2.34. The molecule has 7 nitrogen and oxygen atoms in total. The quantitative estimate of drug-likeness (QED) is 0.285. The molecule has 2 aliphatic heterocycles. The average molecular weight is 552 g/mol. The second-order valence-corrected chi connectivity index (χ2v) is 11.2. The molecule has 2 aromatic heterocycles. The molecule has 2 saturated heterocycles. The summed E-state index contributed by atoms with van der Waals surface area (Å²) in [4.78, 5) is 15.3. The van der Waals surface area contributed by atoms with Crippen LogP contribution in [0.15, 0.2) is 48.7 Å². The van der Waals surface area contributed by atoms with Gasteiger partial charge < -0.3 is 18.9 Å². The molecule has 39 heavy (non-hydrogen) atoms. The Bertz CT molecular complexity index is 1530. The molecule has 1 aliphatic carbocycles. The van der Waals surface area contributed by atoms with Gasteiger partial charge in [-0.05, 0) is 55.4 Å². The highest BCUT2D eigenvalue weighted by molar-refractivity contribution is 6.30. The van der Waals surface area contributed by atoms with Gasteiger partial charge in [0.1, 0.15) is 18.2 Å². The predicted octanol–water partition coefficient (Wildman–Crippen LogP) is 5.90. The minimum Gasteiger partial charge on any atom is -0.458 e. The van der Waals surface area contributed by atoms with Crippen LogP contribution in [0.1, 0.15) is 43.0 Å². The number of rotatable bonds is 7. The second kappa shape index (κ2) is 9.71. The lowest BCUT2D eigenvalue weighted by molar-refractivity contribution is -0.0590. The van der Waals surface area contributed by atoms with Crippen molar-refractivity contribution in [3.8, 4) is 6.01 Å². The Hall–Kier alpha value is -3.30. The molecule has 4 heterocycles. The van der Waals surface area contributed by atoms with Gasteiger partial charge in [-0.2, -0.15) is 4.98 Å². The molecule has 7 rings (SSSR count). The van der Waals surface area contributed by atoms with Crippen molar-refractivity contribution in [3.63, 3.8) is 0 Å². The molecule has 1 unspecified atom stereocenters. The molecule has 202 valence electrons. The van der Waals surface area contributed by atoms with E-state index in [2.05, 4.69) is 32.7 Å². The number of imidazole rings is 1. The third kappa shape index (κ3) is 4.61. The van der Waals surface area contributed by atoms with E-state index in [4.69, 9.17) is 26.1 Å². The summed E-state index contributed by atoms with van der Waals surface area (Å²) < 4.78 is 42.6. The fourth-order valence-corrected chi connectivity index (χ4v) is 6.19. The molecule has 4 aromatic rings. The van der Waals surface area contributed by atoms with E-state index in [0.717, 1.165) is 61.9 Å². The molecule has 3 aliphatic rings. The highest BCUT2D eigenvalue weighted by Crippen LogP contribution is 2.65. The summed E-state index contributed by atoms with van der Waals surface area (Å²) in [6, 6.07) is 12.7. The van der Waals surface area contributed by atoms with Gasteiger partial charge >= 0.3 is 6.01 Å². The number of nitrogens with zero attached hydrogens (tertiary/aromatic N) is 5. The monoisotopic (exact) mass is 551 g/mol. The Morgan fingerprint density at radius 2 is 1.90 bits per heavy atom. The van der Waals surface area contributed by atoms with Crippen molar-refractivity contribution in [2.75, 3.05) is 24.6 Å². The number of para-hydroxylation sites is 2. The van der Waals surface area contributed by atoms with Crippen LogP contribution < -0.4 is 9.64 Å². The molecule has 1 saturated carbocycles. The molecular formula is C29H28ClF2N5O2. The zero-order valence-electron chi connectivity index (χ0n) is 21.3. The summed E-state index contributed by atoms with van der Waals surface area (Å²) in [7, 11) is 0. The van der Waals surface area contributed by atoms with Gasteiger partial charge in [0, 0.05) is 36.2 Å². The van der Waals surface area contributed by atoms with Crippen molar-refractivity contribution in [3.05, 3.63) is 76.7 Å². The van der Waals surface area contributed by atoms with Crippen LogP contribution in [0.5, 0.6) is 6.01 Å². The molecule has 1 spiro atoms. The summed E-state index contributed by atoms with van der Waals surface area (Å²) >= 11 is 5.82. The topological polar surface area (TPSA) is 65.3 Å². The number of benzene rings is 2. The molecule has 3 fully saturated rings. The van der Waals surface area contributed by atoms with Crippen LogP contribution in [-0.4, -0.2) is 45.3 Å². The molecule has 0 amide bonds. The van der Waals surface area contributed by atoms with E-state index in [1.54, 1.807) is 12.1 Å². The normalized spacial score (nSPS) is 21.8. The summed E-state index contributed by atoms with van der Waals surface area (Å²) in [5, 5.41) is 0.307. The number of fused-ring (bicyclic) bond motifs is 1. The van der Waals surface area contributed by atoms with Gasteiger partial charge in [-0.1, -0.05) is 29.8 Å². The fraction of sp³-hybridized carbons (Fsp3) is 0.414. The first-order valence-electron chi connectivity index (χ1n) is 13.4. The number of halogens is 3. The Morgan fingerprint density at radius 3 is 2.67 bits per heavy atom. The van der Waals surface area contributed by atoms with Crippen molar-refractivity contribution in [1.82, 2.24) is 19.5 Å². The van der Waals surface area contributed by atoms with Crippen LogP contribution in [0.2, 0.25) is 5.02 Å². The number of hydrogen-bond acceptors (Lipinski definition) is 6. The van der Waals surface area contributed by atoms with Crippen molar-refractivity contribution < 1.29 is 18.3 Å². The highest BCUT2D eigenvalue weighted by atomic mass is 35.5. The van der Waals surface area contributed by atoms with E-state index in [-0.39, 0.29) is 30.0 Å². The van der Waals surface area contributed by atoms with Gasteiger partial charge in [0.05, 0.1) is 29.9 Å². The summed E-state index contributed by atoms with van der Waals surface area (Å²) in [5.74, 6) is 0.788. The van der Waals surface area contributed by atoms with Crippen LogP contribution in [0.4, 0.5) is 14.6 Å². The average Bonchev–Trinajstić information content (AvgIpc) is 3.47. The zero-order valence-corrected chi connectivity index (χ0v) is 22.1. The number of ether oxygens (including phenoxy) is 2. The Labute approximate surface area is 229 Å². The maximum absolute atomic E-state index is 14.8. The fourth-order valence-electron chi connectivity index (χ4n) is 6.03. The molecule has 0 radical (unpaired) electrons. The number of hydrogen-bond donors (Lipinski definition) is 0. The molecule has 2 atom stereocenters. The van der Waals surface area contributed by atoms with Crippen LogP contribution >= 0.6 is 11.6 Å². The van der Waals surface area contributed by atoms with E-state index < -0.39 is 11.6 Å². The summed E-state index contributed by atoms with van der Waals surface area (Å²) in [6.07, 6.45) is 5.40. The van der Waals surface area contributed by atoms with Gasteiger partial charge in [-0.3, -0.25) is 0 Å². The number of anilines is 1. The maximum Gasteiger partial charge on any atom is 0.318 e. The SMILES string of the molecule is Fc1cc(Cl)ccc1COc1ncc(F)c(N2CCC3(CC2)CC3c2nc3ccccc3n2C[C@@H]2CCO2)n1. The minimum atomic E-state index is -0.495. The Kier molecular flexibility index (Phi) is 6.16. The van der Waals surface area contributed by atoms with E-state index in [1.807, 2.05) is 11.0 Å². The van der Waals surface area contributed by atoms with Crippen LogP contribution in [-0.2, 0) is 17.9 Å². The van der Waals surface area contributed by atoms with Crippen molar-refractivity contribution in [2.45, 2.75) is 50.9 Å². The van der Waals surface area contributed by atoms with Crippen LogP contribution in [0.25, 0.3) is 11.0 Å². The van der Waals surface area contributed by atoms with Crippen molar-refractivity contribution in [2.24, 2.45) is 5.41 Å². The highest BCUT2D eigenvalue weighted by Gasteiger charge is 2.57. The van der Waals surface area contributed by atoms with Crippen LogP contribution in [0, 0.1) is 17.0 Å². The van der Waals surface area contributed by atoms with E-state index in [0.29, 0.717) is 29.6 Å². The standard InChI is InChI=1S/C29H28ClF2N5O2/c30-19-6-5-18(22(31)13-19)17-39-28-33-15-23(32)27(35-28)36-10-8-29(9-11-36)14-21(29)26-34-24-3-1-2-4-25(24)37(26)16-20-7-12-38-20/h1-6,13,15,20-21H,7-12,14,16-17H2/t20-,21?/m0/s1. The van der Waals surface area contributed by atoms with Gasteiger partial charge in [-0.25, -0.2) is 18.7 Å². The predicted molar refractivity (Wildman–Crippen MR) is 143 cm³/mol. The van der Waals surface area contributed by atoms with Crippen molar-refractivity contribution >= 4 is 28.5 Å². The molecule has 0 N–H and O–H groups in total. The molecule has 0 bridgehead atoms. The minimum absolute atomic E-state index is 0.0114. The zero-order chi connectivity index (χ0) is 26.6. The lowest BCUT2D eigenvalue weighted by atomic mass is 9.90.